The Hall–Kier alpha value is -1.97. The summed E-state index contributed by atoms with van der Waals surface area (Å²) in [6.07, 6.45) is 5.32. The highest BCUT2D eigenvalue weighted by Gasteiger charge is 2.01. The van der Waals surface area contributed by atoms with Crippen molar-refractivity contribution in [3.63, 3.8) is 0 Å². The Morgan fingerprint density at radius 1 is 1.12 bits per heavy atom. The minimum atomic E-state index is 0.669. The monoisotopic (exact) mass is 228 g/mol. The molecule has 2 aromatic rings. The number of nitrogens with one attached hydrogen (secondary N) is 1. The maximum absolute atomic E-state index is 4.44. The minimum absolute atomic E-state index is 0.669. The van der Waals surface area contributed by atoms with Crippen LogP contribution in [-0.2, 0) is 6.42 Å². The van der Waals surface area contributed by atoms with Crippen LogP contribution in [0.4, 0.5) is 5.82 Å². The van der Waals surface area contributed by atoms with E-state index in [9.17, 15) is 0 Å². The molecule has 0 aliphatic carbocycles. The first-order chi connectivity index (χ1) is 8.38. The fourth-order valence-electron chi connectivity index (χ4n) is 1.50. The van der Waals surface area contributed by atoms with E-state index in [2.05, 4.69) is 27.2 Å². The molecule has 4 heteroatoms. The SMILES string of the molecule is CCCNc1ccnc(Cc2ccccn2)n1. The maximum atomic E-state index is 4.44. The number of hydrogen-bond acceptors (Lipinski definition) is 4. The van der Waals surface area contributed by atoms with Gasteiger partial charge in [-0.05, 0) is 24.6 Å². The lowest BCUT2D eigenvalue weighted by atomic mass is 10.2. The average Bonchev–Trinajstić information content (AvgIpc) is 2.38. The van der Waals surface area contributed by atoms with Crippen LogP contribution < -0.4 is 5.32 Å². The van der Waals surface area contributed by atoms with Crippen LogP contribution in [0.2, 0.25) is 0 Å². The molecular formula is C13H16N4. The second kappa shape index (κ2) is 5.94. The molecule has 0 saturated carbocycles. The predicted octanol–water partition coefficient (Wildman–Crippen LogP) is 2.28. The Morgan fingerprint density at radius 2 is 2.06 bits per heavy atom. The predicted molar refractivity (Wildman–Crippen MR) is 67.9 cm³/mol. The molecule has 0 saturated heterocycles. The van der Waals surface area contributed by atoms with Gasteiger partial charge in [0.2, 0.25) is 0 Å². The highest BCUT2D eigenvalue weighted by molar-refractivity contribution is 5.33. The molecule has 17 heavy (non-hydrogen) atoms. The highest BCUT2D eigenvalue weighted by atomic mass is 15.0. The van der Waals surface area contributed by atoms with Gasteiger partial charge in [-0.1, -0.05) is 13.0 Å². The van der Waals surface area contributed by atoms with Crippen molar-refractivity contribution in [2.75, 3.05) is 11.9 Å². The third-order valence-electron chi connectivity index (χ3n) is 2.33. The van der Waals surface area contributed by atoms with E-state index in [4.69, 9.17) is 0 Å². The zero-order valence-electron chi connectivity index (χ0n) is 9.93. The zero-order valence-corrected chi connectivity index (χ0v) is 9.93. The van der Waals surface area contributed by atoms with Crippen molar-refractivity contribution in [1.82, 2.24) is 15.0 Å². The van der Waals surface area contributed by atoms with Crippen molar-refractivity contribution in [2.45, 2.75) is 19.8 Å². The molecule has 0 atom stereocenters. The van der Waals surface area contributed by atoms with E-state index in [0.29, 0.717) is 6.42 Å². The summed E-state index contributed by atoms with van der Waals surface area (Å²) >= 11 is 0. The maximum Gasteiger partial charge on any atom is 0.136 e. The number of anilines is 1. The van der Waals surface area contributed by atoms with Gasteiger partial charge in [0.15, 0.2) is 0 Å². The molecular weight excluding hydrogens is 212 g/mol. The van der Waals surface area contributed by atoms with Gasteiger partial charge < -0.3 is 5.32 Å². The van der Waals surface area contributed by atoms with Crippen LogP contribution in [0.15, 0.2) is 36.7 Å². The minimum Gasteiger partial charge on any atom is -0.370 e. The molecule has 0 fully saturated rings. The summed E-state index contributed by atoms with van der Waals surface area (Å²) in [6, 6.07) is 7.75. The second-order valence-corrected chi connectivity index (χ2v) is 3.78. The summed E-state index contributed by atoms with van der Waals surface area (Å²) in [5.74, 6) is 1.68. The summed E-state index contributed by atoms with van der Waals surface area (Å²) in [5.41, 5.74) is 0.986. The van der Waals surface area contributed by atoms with Gasteiger partial charge in [0.05, 0.1) is 6.42 Å². The fourth-order valence-corrected chi connectivity index (χ4v) is 1.50. The number of hydrogen-bond donors (Lipinski definition) is 1. The zero-order chi connectivity index (χ0) is 11.9. The van der Waals surface area contributed by atoms with E-state index in [1.807, 2.05) is 24.3 Å². The molecule has 0 amide bonds. The molecule has 1 N–H and O–H groups in total. The van der Waals surface area contributed by atoms with Gasteiger partial charge in [0.25, 0.3) is 0 Å². The van der Waals surface area contributed by atoms with Gasteiger partial charge in [0.1, 0.15) is 11.6 Å². The van der Waals surface area contributed by atoms with Gasteiger partial charge >= 0.3 is 0 Å². The first kappa shape index (κ1) is 11.5. The standard InChI is InChI=1S/C13H16N4/c1-2-7-15-12-6-9-16-13(17-12)10-11-5-3-4-8-14-11/h3-6,8-9H,2,7,10H2,1H3,(H,15,16,17). The third kappa shape index (κ3) is 3.52. The second-order valence-electron chi connectivity index (χ2n) is 3.78. The fraction of sp³-hybridized carbons (Fsp3) is 0.308. The molecule has 4 nitrogen and oxygen atoms in total. The van der Waals surface area contributed by atoms with Crippen LogP contribution >= 0.6 is 0 Å². The molecule has 0 bridgehead atoms. The molecule has 0 aliphatic heterocycles. The van der Waals surface area contributed by atoms with E-state index < -0.39 is 0 Å². The highest BCUT2D eigenvalue weighted by Crippen LogP contribution is 2.06. The molecule has 0 aromatic carbocycles. The Morgan fingerprint density at radius 3 is 2.82 bits per heavy atom. The first-order valence-electron chi connectivity index (χ1n) is 5.84. The van der Waals surface area contributed by atoms with Gasteiger partial charge in [-0.3, -0.25) is 4.98 Å². The smallest absolute Gasteiger partial charge is 0.136 e. The lowest BCUT2D eigenvalue weighted by molar-refractivity contribution is 0.916. The van der Waals surface area contributed by atoms with E-state index >= 15 is 0 Å². The first-order valence-corrected chi connectivity index (χ1v) is 5.84. The molecule has 0 unspecified atom stereocenters. The van der Waals surface area contributed by atoms with Crippen molar-refractivity contribution >= 4 is 5.82 Å². The topological polar surface area (TPSA) is 50.7 Å². The molecule has 2 rings (SSSR count). The molecule has 0 aliphatic rings. The molecule has 0 spiro atoms. The number of nitrogens with zero attached hydrogens (tertiary/aromatic N) is 3. The van der Waals surface area contributed by atoms with Gasteiger partial charge in [-0.2, -0.15) is 0 Å². The van der Waals surface area contributed by atoms with Crippen LogP contribution in [0.1, 0.15) is 24.9 Å². The van der Waals surface area contributed by atoms with Crippen LogP contribution in [0.5, 0.6) is 0 Å². The Bertz CT molecular complexity index is 456. The summed E-state index contributed by atoms with van der Waals surface area (Å²) < 4.78 is 0. The summed E-state index contributed by atoms with van der Waals surface area (Å²) in [5, 5.41) is 3.25. The number of rotatable bonds is 5. The van der Waals surface area contributed by atoms with E-state index in [0.717, 1.165) is 30.3 Å². The molecule has 88 valence electrons. The Balaban J connectivity index is 2.06. The van der Waals surface area contributed by atoms with Crippen LogP contribution in [0.3, 0.4) is 0 Å². The van der Waals surface area contributed by atoms with Gasteiger partial charge in [-0.15, -0.1) is 0 Å². The van der Waals surface area contributed by atoms with Crippen LogP contribution in [-0.4, -0.2) is 21.5 Å². The molecule has 2 aromatic heterocycles. The van der Waals surface area contributed by atoms with Crippen LogP contribution in [0.25, 0.3) is 0 Å². The van der Waals surface area contributed by atoms with E-state index in [1.165, 1.54) is 0 Å². The third-order valence-corrected chi connectivity index (χ3v) is 2.33. The number of aromatic nitrogens is 3. The lowest BCUT2D eigenvalue weighted by Crippen LogP contribution is -2.05. The Kier molecular flexibility index (Phi) is 4.02. The lowest BCUT2D eigenvalue weighted by Gasteiger charge is -2.05. The quantitative estimate of drug-likeness (QED) is 0.853. The van der Waals surface area contributed by atoms with Crippen molar-refractivity contribution < 1.29 is 0 Å². The van der Waals surface area contributed by atoms with Crippen molar-refractivity contribution in [2.24, 2.45) is 0 Å². The van der Waals surface area contributed by atoms with Gasteiger partial charge in [0, 0.05) is 24.6 Å². The molecule has 0 radical (unpaired) electrons. The average molecular weight is 228 g/mol. The van der Waals surface area contributed by atoms with Crippen molar-refractivity contribution in [3.05, 3.63) is 48.2 Å². The van der Waals surface area contributed by atoms with Crippen molar-refractivity contribution in [1.29, 1.82) is 0 Å². The largest absolute Gasteiger partial charge is 0.370 e. The van der Waals surface area contributed by atoms with Crippen molar-refractivity contribution in [3.8, 4) is 0 Å². The normalized spacial score (nSPS) is 10.2. The van der Waals surface area contributed by atoms with E-state index in [1.54, 1.807) is 12.4 Å². The van der Waals surface area contributed by atoms with E-state index in [-0.39, 0.29) is 0 Å². The molecule has 2 heterocycles. The number of pyridine rings is 1. The summed E-state index contributed by atoms with van der Waals surface area (Å²) in [7, 11) is 0. The Labute approximate surface area is 101 Å². The summed E-state index contributed by atoms with van der Waals surface area (Å²) in [4.78, 5) is 13.0. The van der Waals surface area contributed by atoms with Gasteiger partial charge in [-0.25, -0.2) is 9.97 Å². The summed E-state index contributed by atoms with van der Waals surface area (Å²) in [6.45, 7) is 3.06. The van der Waals surface area contributed by atoms with Crippen LogP contribution in [0, 0.1) is 0 Å².